The summed E-state index contributed by atoms with van der Waals surface area (Å²) in [6.07, 6.45) is 3.49. The van der Waals surface area contributed by atoms with Crippen LogP contribution in [0.4, 0.5) is 0 Å². The van der Waals surface area contributed by atoms with Gasteiger partial charge in [0.2, 0.25) is 0 Å². The van der Waals surface area contributed by atoms with Crippen molar-refractivity contribution in [3.05, 3.63) is 0 Å². The van der Waals surface area contributed by atoms with Gasteiger partial charge in [-0.1, -0.05) is 12.8 Å². The van der Waals surface area contributed by atoms with Gasteiger partial charge in [-0.25, -0.2) is 0 Å². The molecule has 0 spiro atoms. The average Bonchev–Trinajstić information content (AvgIpc) is 2.83. The monoisotopic (exact) mass is 238 g/mol. The summed E-state index contributed by atoms with van der Waals surface area (Å²) in [6.45, 7) is 1.64. The van der Waals surface area contributed by atoms with Crippen molar-refractivity contribution >= 4 is 11.9 Å². The Morgan fingerprint density at radius 3 is 2.41 bits per heavy atom. The number of carbonyl (C=O) groups excluding carboxylic acids is 1. The van der Waals surface area contributed by atoms with E-state index in [9.17, 15) is 14.7 Å². The third-order valence-electron chi connectivity index (χ3n) is 3.53. The van der Waals surface area contributed by atoms with Crippen LogP contribution in [0.25, 0.3) is 0 Å². The number of carboxylic acids is 1. The summed E-state index contributed by atoms with van der Waals surface area (Å²) in [6, 6.07) is 0. The van der Waals surface area contributed by atoms with Gasteiger partial charge >= 0.3 is 11.9 Å². The number of carboxylic acid groups (broad SMARTS) is 1. The van der Waals surface area contributed by atoms with Crippen LogP contribution in [0.2, 0.25) is 0 Å². The zero-order valence-corrected chi connectivity index (χ0v) is 10.3. The van der Waals surface area contributed by atoms with Gasteiger partial charge in [-0.05, 0) is 25.7 Å². The minimum absolute atomic E-state index is 0.0379. The molecule has 0 aliphatic heterocycles. The van der Waals surface area contributed by atoms with Crippen LogP contribution in [-0.4, -0.2) is 24.2 Å². The van der Waals surface area contributed by atoms with Gasteiger partial charge in [-0.15, -0.1) is 11.8 Å². The number of aliphatic carboxylic acids is 1. The van der Waals surface area contributed by atoms with Crippen molar-refractivity contribution in [1.29, 1.82) is 0 Å². The van der Waals surface area contributed by atoms with Crippen LogP contribution >= 0.6 is 0 Å². The van der Waals surface area contributed by atoms with E-state index >= 15 is 0 Å². The molecule has 0 saturated heterocycles. The largest absolute Gasteiger partial charge is 0.480 e. The molecule has 0 aromatic heterocycles. The molecule has 4 heteroatoms. The number of carbonyl (C=O) groups is 2. The lowest BCUT2D eigenvalue weighted by Crippen LogP contribution is -2.45. The smallest absolute Gasteiger partial charge is 0.324 e. The molecule has 1 atom stereocenters. The molecular formula is C13H18O4. The maximum absolute atomic E-state index is 11.9. The average molecular weight is 238 g/mol. The van der Waals surface area contributed by atoms with Gasteiger partial charge in [0, 0.05) is 6.42 Å². The molecule has 1 rings (SSSR count). The second-order valence-corrected chi connectivity index (χ2v) is 4.35. The molecule has 0 heterocycles. The summed E-state index contributed by atoms with van der Waals surface area (Å²) in [4.78, 5) is 23.4. The molecule has 1 saturated carbocycles. The Hall–Kier alpha value is -1.50. The summed E-state index contributed by atoms with van der Waals surface area (Å²) in [5.41, 5.74) is -1.48. The number of methoxy groups -OCH3 is 1. The predicted octanol–water partition coefficient (Wildman–Crippen LogP) is 1.83. The second-order valence-electron chi connectivity index (χ2n) is 4.35. The highest BCUT2D eigenvalue weighted by Gasteiger charge is 2.53. The lowest BCUT2D eigenvalue weighted by atomic mass is 9.72. The lowest BCUT2D eigenvalue weighted by molar-refractivity contribution is -0.171. The molecule has 0 aromatic carbocycles. The minimum atomic E-state index is -1.48. The third kappa shape index (κ3) is 2.44. The summed E-state index contributed by atoms with van der Waals surface area (Å²) in [7, 11) is 1.23. The minimum Gasteiger partial charge on any atom is -0.480 e. The molecule has 1 aliphatic carbocycles. The molecule has 1 aliphatic rings. The molecule has 0 radical (unpaired) electrons. The Bertz CT molecular complexity index is 357. The van der Waals surface area contributed by atoms with Crippen molar-refractivity contribution in [3.8, 4) is 11.8 Å². The van der Waals surface area contributed by atoms with E-state index in [1.807, 2.05) is 0 Å². The SMILES string of the molecule is CC#CCC(C(=O)O)(C(=O)OC)C1CCCC1. The lowest BCUT2D eigenvalue weighted by Gasteiger charge is -2.30. The highest BCUT2D eigenvalue weighted by molar-refractivity contribution is 6.00. The van der Waals surface area contributed by atoms with Gasteiger partial charge in [0.1, 0.15) is 0 Å². The quantitative estimate of drug-likeness (QED) is 0.461. The van der Waals surface area contributed by atoms with Crippen LogP contribution < -0.4 is 0 Å². The fourth-order valence-corrected chi connectivity index (χ4v) is 2.55. The van der Waals surface area contributed by atoms with E-state index in [-0.39, 0.29) is 12.3 Å². The zero-order valence-electron chi connectivity index (χ0n) is 10.3. The van der Waals surface area contributed by atoms with Crippen LogP contribution in [0, 0.1) is 23.2 Å². The molecule has 0 bridgehead atoms. The van der Waals surface area contributed by atoms with Crippen molar-refractivity contribution < 1.29 is 19.4 Å². The zero-order chi connectivity index (χ0) is 12.9. The number of rotatable bonds is 4. The number of ether oxygens (including phenoxy) is 1. The summed E-state index contributed by atoms with van der Waals surface area (Å²) in [5, 5.41) is 9.44. The highest BCUT2D eigenvalue weighted by Crippen LogP contribution is 2.43. The predicted molar refractivity (Wildman–Crippen MR) is 62.1 cm³/mol. The molecule has 1 unspecified atom stereocenters. The molecule has 1 N–H and O–H groups in total. The highest BCUT2D eigenvalue weighted by atomic mass is 16.5. The van der Waals surface area contributed by atoms with Crippen LogP contribution in [0.5, 0.6) is 0 Å². The van der Waals surface area contributed by atoms with E-state index in [1.165, 1.54) is 7.11 Å². The number of esters is 1. The topological polar surface area (TPSA) is 63.6 Å². The fraction of sp³-hybridized carbons (Fsp3) is 0.692. The van der Waals surface area contributed by atoms with Crippen molar-refractivity contribution in [2.45, 2.75) is 39.0 Å². The Morgan fingerprint density at radius 1 is 1.41 bits per heavy atom. The maximum atomic E-state index is 11.9. The first-order valence-electron chi connectivity index (χ1n) is 5.81. The van der Waals surface area contributed by atoms with Gasteiger partial charge < -0.3 is 9.84 Å². The third-order valence-corrected chi connectivity index (χ3v) is 3.53. The summed E-state index contributed by atoms with van der Waals surface area (Å²) < 4.78 is 4.70. The molecule has 94 valence electrons. The van der Waals surface area contributed by atoms with Gasteiger partial charge in [-0.2, -0.15) is 0 Å². The second kappa shape index (κ2) is 5.72. The molecular weight excluding hydrogens is 220 g/mol. The van der Waals surface area contributed by atoms with E-state index in [1.54, 1.807) is 6.92 Å². The van der Waals surface area contributed by atoms with Crippen LogP contribution in [-0.2, 0) is 14.3 Å². The first-order chi connectivity index (χ1) is 8.09. The number of hydrogen-bond donors (Lipinski definition) is 1. The summed E-state index contributed by atoms with van der Waals surface area (Å²) >= 11 is 0. The molecule has 4 nitrogen and oxygen atoms in total. The first-order valence-corrected chi connectivity index (χ1v) is 5.81. The van der Waals surface area contributed by atoms with Crippen LogP contribution in [0.1, 0.15) is 39.0 Å². The number of hydrogen-bond acceptors (Lipinski definition) is 3. The van der Waals surface area contributed by atoms with Crippen molar-refractivity contribution in [1.82, 2.24) is 0 Å². The standard InChI is InChI=1S/C13H18O4/c1-3-4-9-13(11(14)15,12(16)17-2)10-7-5-6-8-10/h10H,5-9H2,1-2H3,(H,14,15). The first kappa shape index (κ1) is 13.6. The van der Waals surface area contributed by atoms with Gasteiger partial charge in [-0.3, -0.25) is 9.59 Å². The Labute approximate surface area is 101 Å². The summed E-state index contributed by atoms with van der Waals surface area (Å²) in [5.74, 6) is 3.45. The van der Waals surface area contributed by atoms with Crippen LogP contribution in [0.3, 0.4) is 0 Å². The molecule has 1 fully saturated rings. The van der Waals surface area contributed by atoms with Gasteiger partial charge in [0.05, 0.1) is 7.11 Å². The maximum Gasteiger partial charge on any atom is 0.324 e. The van der Waals surface area contributed by atoms with E-state index in [4.69, 9.17) is 4.74 Å². The van der Waals surface area contributed by atoms with E-state index in [0.29, 0.717) is 0 Å². The Morgan fingerprint density at radius 2 is 2.00 bits per heavy atom. The van der Waals surface area contributed by atoms with E-state index in [2.05, 4.69) is 11.8 Å². The van der Waals surface area contributed by atoms with E-state index in [0.717, 1.165) is 25.7 Å². The normalized spacial score (nSPS) is 18.9. The fourth-order valence-electron chi connectivity index (χ4n) is 2.55. The van der Waals surface area contributed by atoms with Crippen molar-refractivity contribution in [2.24, 2.45) is 11.3 Å². The molecule has 17 heavy (non-hydrogen) atoms. The van der Waals surface area contributed by atoms with Crippen molar-refractivity contribution in [3.63, 3.8) is 0 Å². The molecule has 0 amide bonds. The Kier molecular flexibility index (Phi) is 4.56. The van der Waals surface area contributed by atoms with Gasteiger partial charge in [0.25, 0.3) is 0 Å². The van der Waals surface area contributed by atoms with Gasteiger partial charge in [0.15, 0.2) is 5.41 Å². The molecule has 0 aromatic rings. The van der Waals surface area contributed by atoms with E-state index < -0.39 is 17.4 Å². The Balaban J connectivity index is 3.12. The van der Waals surface area contributed by atoms with Crippen molar-refractivity contribution in [2.75, 3.05) is 7.11 Å². The van der Waals surface area contributed by atoms with Crippen LogP contribution in [0.15, 0.2) is 0 Å².